The van der Waals surface area contributed by atoms with Crippen LogP contribution in [0.5, 0.6) is 0 Å². The quantitative estimate of drug-likeness (QED) is 0.166. The monoisotopic (exact) mass is 826 g/mol. The molecule has 0 fully saturated rings. The molecule has 0 N–H and O–H groups in total. The molecule has 0 aliphatic heterocycles. The van der Waals surface area contributed by atoms with Gasteiger partial charge in [-0.3, -0.25) is 0 Å². The Morgan fingerprint density at radius 3 is 1.44 bits per heavy atom. The summed E-state index contributed by atoms with van der Waals surface area (Å²) in [6.07, 6.45) is 0. The van der Waals surface area contributed by atoms with Crippen LogP contribution in [0.4, 0.5) is 0 Å². The van der Waals surface area contributed by atoms with Crippen molar-refractivity contribution in [2.24, 2.45) is 0 Å². The van der Waals surface area contributed by atoms with E-state index in [4.69, 9.17) is 15.0 Å². The van der Waals surface area contributed by atoms with Gasteiger partial charge in [-0.05, 0) is 45.5 Å². The normalized spacial score (nSPS) is 11.8. The molecule has 0 amide bonds. The molecule has 292 valence electrons. The number of rotatable bonds is 5. The van der Waals surface area contributed by atoms with E-state index in [1.165, 1.54) is 108 Å². The van der Waals surface area contributed by atoms with Crippen molar-refractivity contribution in [3.05, 3.63) is 121 Å². The van der Waals surface area contributed by atoms with Crippen molar-refractivity contribution in [1.29, 1.82) is 0 Å². The molecule has 0 saturated heterocycles. The van der Waals surface area contributed by atoms with E-state index in [9.17, 15) is 0 Å². The fraction of sp³-hybridized carbons (Fsp3) is 0. The lowest BCUT2D eigenvalue weighted by Gasteiger charge is -2.22. The van der Waals surface area contributed by atoms with Crippen molar-refractivity contribution in [1.82, 2.24) is 19.5 Å². The van der Waals surface area contributed by atoms with Gasteiger partial charge in [0, 0.05) is 59.0 Å². The molecule has 3 aromatic heterocycles. The predicted octanol–water partition coefficient (Wildman–Crippen LogP) is -4.26. The van der Waals surface area contributed by atoms with Crippen LogP contribution >= 0.6 is 11.3 Å². The first-order chi connectivity index (χ1) is 30.9. The first-order valence-electron chi connectivity index (χ1n) is 22.3. The van der Waals surface area contributed by atoms with Crippen LogP contribution in [0.25, 0.3) is 104 Å². The van der Waals surface area contributed by atoms with E-state index in [1.807, 2.05) is 17.4 Å². The van der Waals surface area contributed by atoms with E-state index in [-0.39, 0.29) is 0 Å². The molecular formula is C49H40B10N4S. The van der Waals surface area contributed by atoms with Gasteiger partial charge in [0.05, 0.1) is 0 Å². The number of benzene rings is 8. The summed E-state index contributed by atoms with van der Waals surface area (Å²) in [5.41, 5.74) is 22.4. The van der Waals surface area contributed by atoms with Crippen molar-refractivity contribution in [2.45, 2.75) is 0 Å². The largest absolute Gasteiger partial charge is 0.310 e. The number of hydrogen-bond donors (Lipinski definition) is 0. The molecule has 0 unspecified atom stereocenters. The zero-order valence-electron chi connectivity index (χ0n) is 38.2. The van der Waals surface area contributed by atoms with Crippen LogP contribution in [0.15, 0.2) is 121 Å². The van der Waals surface area contributed by atoms with Crippen LogP contribution in [0, 0.1) is 0 Å². The van der Waals surface area contributed by atoms with Crippen LogP contribution in [-0.2, 0) is 0 Å². The van der Waals surface area contributed by atoms with E-state index >= 15 is 0 Å². The molecule has 0 spiro atoms. The average molecular weight is 825 g/mol. The Kier molecular flexibility index (Phi) is 9.59. The van der Waals surface area contributed by atoms with Gasteiger partial charge in [-0.15, -0.1) is 27.7 Å². The number of nitrogens with zero attached hydrogens (tertiary/aromatic N) is 4. The third-order valence-electron chi connectivity index (χ3n) is 14.6. The highest BCUT2D eigenvalue weighted by atomic mass is 32.1. The third kappa shape index (κ3) is 6.00. The zero-order valence-corrected chi connectivity index (χ0v) is 39.1. The van der Waals surface area contributed by atoms with Crippen LogP contribution in [0.3, 0.4) is 0 Å². The average Bonchev–Trinajstić information content (AvgIpc) is 3.90. The number of aromatic nitrogens is 4. The summed E-state index contributed by atoms with van der Waals surface area (Å²) in [6, 6.07) is 43.0. The van der Waals surface area contributed by atoms with E-state index in [0.717, 1.165) is 33.3 Å². The highest BCUT2D eigenvalue weighted by Gasteiger charge is 2.27. The van der Waals surface area contributed by atoms with Crippen molar-refractivity contribution >= 4 is 197 Å². The van der Waals surface area contributed by atoms with Crippen molar-refractivity contribution in [3.8, 4) is 51.0 Å². The molecule has 0 aliphatic rings. The second-order valence-electron chi connectivity index (χ2n) is 17.9. The molecule has 0 atom stereocenters. The molecule has 3 heterocycles. The standard InChI is InChI=1S/C49H40B10N4S/c50-35-31-32(37(52)41(56)40(55)36(31)51)39(54)45-33(35)34-38(53)42(57)43(58)44(59)46(34)63(45)25-19-27(30-26-13-7-8-14-28(26)64-29(30)20-25)49-61-47(23-11-5-2-6-12-23)60-48(62-49)24-17-15-22(16-18-24)21-9-3-1-4-10-21/h1-20H,50-59H2. The van der Waals surface area contributed by atoms with Gasteiger partial charge in [-0.2, -0.15) is 0 Å². The first-order valence-corrected chi connectivity index (χ1v) is 23.1. The van der Waals surface area contributed by atoms with Crippen LogP contribution < -0.4 is 54.6 Å². The Bertz CT molecular complexity index is 3780. The second-order valence-corrected chi connectivity index (χ2v) is 18.9. The van der Waals surface area contributed by atoms with E-state index in [1.54, 1.807) is 0 Å². The van der Waals surface area contributed by atoms with Crippen LogP contribution in [0.1, 0.15) is 0 Å². The van der Waals surface area contributed by atoms with Crippen LogP contribution in [0.2, 0.25) is 0 Å². The summed E-state index contributed by atoms with van der Waals surface area (Å²) >= 11 is 1.84. The Balaban J connectivity index is 1.27. The molecule has 11 rings (SSSR count). The molecular weight excluding hydrogens is 785 g/mol. The van der Waals surface area contributed by atoms with Crippen molar-refractivity contribution in [2.75, 3.05) is 0 Å². The Morgan fingerprint density at radius 2 is 0.797 bits per heavy atom. The lowest BCUT2D eigenvalue weighted by Crippen LogP contribution is -2.50. The Labute approximate surface area is 386 Å². The van der Waals surface area contributed by atoms with Gasteiger partial charge in [0.25, 0.3) is 0 Å². The molecule has 4 nitrogen and oxygen atoms in total. The predicted molar refractivity (Wildman–Crippen MR) is 308 cm³/mol. The van der Waals surface area contributed by atoms with Crippen LogP contribution in [-0.4, -0.2) is 98.0 Å². The summed E-state index contributed by atoms with van der Waals surface area (Å²) in [5.74, 6) is 1.95. The summed E-state index contributed by atoms with van der Waals surface area (Å²) in [4.78, 5) is 16.0. The highest BCUT2D eigenvalue weighted by molar-refractivity contribution is 7.26. The second kappa shape index (κ2) is 15.2. The van der Waals surface area contributed by atoms with Gasteiger partial charge in [-0.1, -0.05) is 141 Å². The first kappa shape index (κ1) is 40.5. The molecule has 64 heavy (non-hydrogen) atoms. The fourth-order valence-corrected chi connectivity index (χ4v) is 11.8. The minimum Gasteiger partial charge on any atom is -0.310 e. The molecule has 0 radical (unpaired) electrons. The number of fused-ring (bicyclic) bond motifs is 7. The van der Waals surface area contributed by atoms with Crippen molar-refractivity contribution < 1.29 is 0 Å². The molecule has 8 aromatic carbocycles. The molecule has 0 bridgehead atoms. The SMILES string of the molecule is Bc1c(B)c(B)c2c(B)c3c(c(B)c2c1B)c1c(B)c(B)c(B)c(B)c1n3-c1cc(-c2nc(-c3ccccc3)nc(-c3ccc(-c4ccccc4)cc3)n2)c2c(c1)sc1ccccc12. The lowest BCUT2D eigenvalue weighted by atomic mass is 9.61. The summed E-state index contributed by atoms with van der Waals surface area (Å²) in [5, 5.41) is 7.82. The summed E-state index contributed by atoms with van der Waals surface area (Å²) in [7, 11) is 23.2. The minimum absolute atomic E-state index is 0.644. The molecule has 0 aliphatic carbocycles. The molecule has 15 heteroatoms. The summed E-state index contributed by atoms with van der Waals surface area (Å²) in [6.45, 7) is 0. The smallest absolute Gasteiger partial charge is 0.164 e. The van der Waals surface area contributed by atoms with Gasteiger partial charge in [0.15, 0.2) is 17.5 Å². The third-order valence-corrected chi connectivity index (χ3v) is 15.8. The fourth-order valence-electron chi connectivity index (χ4n) is 10.6. The highest BCUT2D eigenvalue weighted by Crippen LogP contribution is 2.43. The lowest BCUT2D eigenvalue weighted by molar-refractivity contribution is 1.07. The van der Waals surface area contributed by atoms with Gasteiger partial charge in [0.2, 0.25) is 0 Å². The Hall–Kier alpha value is -6.30. The molecule has 11 aromatic rings. The molecule has 0 saturated carbocycles. The van der Waals surface area contributed by atoms with Gasteiger partial charge in [-0.25, -0.2) is 15.0 Å². The topological polar surface area (TPSA) is 43.6 Å². The van der Waals surface area contributed by atoms with E-state index < -0.39 is 0 Å². The number of thiophene rings is 1. The van der Waals surface area contributed by atoms with Gasteiger partial charge in [0.1, 0.15) is 78.5 Å². The minimum atomic E-state index is 0.644. The maximum absolute atomic E-state index is 5.43. The van der Waals surface area contributed by atoms with Gasteiger partial charge < -0.3 is 4.57 Å². The zero-order chi connectivity index (χ0) is 44.3. The number of hydrogen-bond acceptors (Lipinski definition) is 4. The van der Waals surface area contributed by atoms with E-state index in [0.29, 0.717) is 17.5 Å². The maximum Gasteiger partial charge on any atom is 0.164 e. The van der Waals surface area contributed by atoms with Gasteiger partial charge >= 0.3 is 0 Å². The summed E-state index contributed by atoms with van der Waals surface area (Å²) < 4.78 is 5.03. The van der Waals surface area contributed by atoms with E-state index in [2.05, 4.69) is 198 Å². The van der Waals surface area contributed by atoms with Crippen molar-refractivity contribution in [3.63, 3.8) is 0 Å². The Morgan fingerprint density at radius 1 is 0.344 bits per heavy atom. The maximum atomic E-state index is 5.43.